The second-order valence-electron chi connectivity index (χ2n) is 14.0. The summed E-state index contributed by atoms with van der Waals surface area (Å²) in [6.45, 7) is 4.71. The number of anilines is 3. The van der Waals surface area contributed by atoms with Gasteiger partial charge in [0, 0.05) is 33.3 Å². The van der Waals surface area contributed by atoms with Crippen molar-refractivity contribution in [2.24, 2.45) is 0 Å². The molecule has 0 amide bonds. The van der Waals surface area contributed by atoms with Crippen molar-refractivity contribution in [1.29, 1.82) is 0 Å². The van der Waals surface area contributed by atoms with Gasteiger partial charge in [-0.05, 0) is 80.4 Å². The van der Waals surface area contributed by atoms with E-state index in [-0.39, 0.29) is 5.41 Å². The first-order valence-electron chi connectivity index (χ1n) is 17.5. The molecule has 1 aromatic heterocycles. The van der Waals surface area contributed by atoms with Gasteiger partial charge in [0.15, 0.2) is 0 Å². The molecule has 8 aromatic carbocycles. The van der Waals surface area contributed by atoms with Crippen molar-refractivity contribution in [3.05, 3.63) is 181 Å². The first-order valence-corrected chi connectivity index (χ1v) is 18.4. The third kappa shape index (κ3) is 4.73. The monoisotopic (exact) mass is 670 g/mol. The average molecular weight is 671 g/mol. The second kappa shape index (κ2) is 11.5. The van der Waals surface area contributed by atoms with Crippen molar-refractivity contribution in [2.45, 2.75) is 19.3 Å². The Bertz CT molecular complexity index is 2780. The van der Waals surface area contributed by atoms with Crippen molar-refractivity contribution in [1.82, 2.24) is 4.98 Å². The van der Waals surface area contributed by atoms with Crippen LogP contribution < -0.4 is 4.90 Å². The van der Waals surface area contributed by atoms with Crippen LogP contribution in [0.15, 0.2) is 170 Å². The van der Waals surface area contributed by atoms with Crippen LogP contribution in [0.5, 0.6) is 0 Å². The predicted octanol–water partition coefficient (Wildman–Crippen LogP) is 13.7. The lowest BCUT2D eigenvalue weighted by Crippen LogP contribution is -2.16. The third-order valence-corrected chi connectivity index (χ3v) is 11.8. The van der Waals surface area contributed by atoms with Gasteiger partial charge in [0.25, 0.3) is 0 Å². The van der Waals surface area contributed by atoms with Crippen LogP contribution in [0.2, 0.25) is 0 Å². The van der Waals surface area contributed by atoms with Gasteiger partial charge in [-0.1, -0.05) is 147 Å². The molecule has 51 heavy (non-hydrogen) atoms. The van der Waals surface area contributed by atoms with Gasteiger partial charge in [-0.3, -0.25) is 0 Å². The minimum atomic E-state index is -0.106. The smallest absolute Gasteiger partial charge is 0.124 e. The zero-order valence-corrected chi connectivity index (χ0v) is 29.3. The maximum atomic E-state index is 5.04. The van der Waals surface area contributed by atoms with Crippen LogP contribution in [0.1, 0.15) is 25.0 Å². The van der Waals surface area contributed by atoms with Gasteiger partial charge in [-0.2, -0.15) is 0 Å². The largest absolute Gasteiger partial charge is 0.310 e. The molecule has 242 valence electrons. The van der Waals surface area contributed by atoms with Crippen LogP contribution >= 0.6 is 11.3 Å². The molecule has 3 heteroatoms. The fraction of sp³-hybridized carbons (Fsp3) is 0.0625. The second-order valence-corrected chi connectivity index (χ2v) is 15.0. The molecule has 0 fully saturated rings. The van der Waals surface area contributed by atoms with Crippen LogP contribution in [0.4, 0.5) is 17.1 Å². The van der Waals surface area contributed by atoms with Crippen molar-refractivity contribution in [2.75, 3.05) is 4.90 Å². The molecule has 1 aliphatic carbocycles. The number of hydrogen-bond donors (Lipinski definition) is 0. The summed E-state index contributed by atoms with van der Waals surface area (Å²) in [6, 6.07) is 61.9. The lowest BCUT2D eigenvalue weighted by atomic mass is 9.82. The van der Waals surface area contributed by atoms with E-state index < -0.39 is 0 Å². The number of fused-ring (bicyclic) bond motifs is 8. The molecule has 2 nitrogen and oxygen atoms in total. The van der Waals surface area contributed by atoms with Gasteiger partial charge in [-0.25, -0.2) is 4.98 Å². The van der Waals surface area contributed by atoms with Gasteiger partial charge < -0.3 is 4.90 Å². The molecule has 1 aliphatic rings. The summed E-state index contributed by atoms with van der Waals surface area (Å²) in [5.74, 6) is 0. The van der Waals surface area contributed by atoms with E-state index in [2.05, 4.69) is 189 Å². The third-order valence-electron chi connectivity index (χ3n) is 10.7. The minimum Gasteiger partial charge on any atom is -0.310 e. The van der Waals surface area contributed by atoms with E-state index in [0.717, 1.165) is 33.1 Å². The van der Waals surface area contributed by atoms with Gasteiger partial charge in [-0.15, -0.1) is 11.3 Å². The Morgan fingerprint density at radius 2 is 1.12 bits per heavy atom. The van der Waals surface area contributed by atoms with Gasteiger partial charge in [0.2, 0.25) is 0 Å². The Morgan fingerprint density at radius 1 is 0.490 bits per heavy atom. The van der Waals surface area contributed by atoms with Crippen LogP contribution in [-0.2, 0) is 5.41 Å². The number of benzene rings is 8. The molecule has 10 rings (SSSR count). The lowest BCUT2D eigenvalue weighted by molar-refractivity contribution is 0.660. The highest BCUT2D eigenvalue weighted by Crippen LogP contribution is 2.51. The van der Waals surface area contributed by atoms with E-state index in [9.17, 15) is 0 Å². The lowest BCUT2D eigenvalue weighted by Gasteiger charge is -2.30. The summed E-state index contributed by atoms with van der Waals surface area (Å²) in [5, 5.41) is 5.99. The van der Waals surface area contributed by atoms with E-state index in [4.69, 9.17) is 4.98 Å². The van der Waals surface area contributed by atoms with Crippen LogP contribution in [-0.4, -0.2) is 4.98 Å². The van der Waals surface area contributed by atoms with Crippen molar-refractivity contribution in [3.8, 4) is 32.8 Å². The zero-order valence-electron chi connectivity index (χ0n) is 28.5. The molecule has 0 N–H and O–H groups in total. The summed E-state index contributed by atoms with van der Waals surface area (Å²) in [7, 11) is 0. The molecule has 0 aliphatic heterocycles. The molecular weight excluding hydrogens is 637 g/mol. The fourth-order valence-corrected chi connectivity index (χ4v) is 9.24. The maximum Gasteiger partial charge on any atom is 0.124 e. The van der Waals surface area contributed by atoms with Crippen LogP contribution in [0.3, 0.4) is 0 Å². The van der Waals surface area contributed by atoms with E-state index in [1.807, 2.05) is 0 Å². The molecule has 0 saturated carbocycles. The normalized spacial score (nSPS) is 13.1. The quantitative estimate of drug-likeness (QED) is 0.169. The highest BCUT2D eigenvalue weighted by atomic mass is 32.1. The SMILES string of the molecule is CC1(C)c2ccccc2-c2ccc(N(c3ccc4ccc5c(ccc6nc(-c7ccccc7)sc65)c4c3)c3ccccc3-c3ccccc3)cc21. The number of para-hydroxylation sites is 1. The fourth-order valence-electron chi connectivity index (χ4n) is 8.14. The summed E-state index contributed by atoms with van der Waals surface area (Å²) in [4.78, 5) is 7.50. The van der Waals surface area contributed by atoms with E-state index >= 15 is 0 Å². The summed E-state index contributed by atoms with van der Waals surface area (Å²) in [6.07, 6.45) is 0. The minimum absolute atomic E-state index is 0.106. The number of rotatable bonds is 5. The van der Waals surface area contributed by atoms with Crippen LogP contribution in [0.25, 0.3) is 64.6 Å². The number of aromatic nitrogens is 1. The summed E-state index contributed by atoms with van der Waals surface area (Å²) in [5.41, 5.74) is 13.3. The zero-order chi connectivity index (χ0) is 34.1. The van der Waals surface area contributed by atoms with Gasteiger partial charge >= 0.3 is 0 Å². The number of nitrogens with zero attached hydrogens (tertiary/aromatic N) is 2. The maximum absolute atomic E-state index is 5.04. The Kier molecular flexibility index (Phi) is 6.74. The Balaban J connectivity index is 1.20. The topological polar surface area (TPSA) is 16.1 Å². The van der Waals surface area contributed by atoms with E-state index in [1.165, 1.54) is 59.6 Å². The highest BCUT2D eigenvalue weighted by molar-refractivity contribution is 7.22. The molecule has 0 atom stereocenters. The van der Waals surface area contributed by atoms with Crippen molar-refractivity contribution < 1.29 is 0 Å². The summed E-state index contributed by atoms with van der Waals surface area (Å²) < 4.78 is 1.23. The number of thiazole rings is 1. The Morgan fingerprint density at radius 3 is 1.94 bits per heavy atom. The molecule has 0 radical (unpaired) electrons. The first-order chi connectivity index (χ1) is 25.0. The van der Waals surface area contributed by atoms with Crippen LogP contribution in [0, 0.1) is 0 Å². The summed E-state index contributed by atoms with van der Waals surface area (Å²) >= 11 is 1.78. The molecule has 0 bridgehead atoms. The molecule has 0 saturated heterocycles. The molecule has 0 spiro atoms. The molecular formula is C48H34N2S. The van der Waals surface area contributed by atoms with Crippen molar-refractivity contribution >= 4 is 60.2 Å². The molecule has 1 heterocycles. The van der Waals surface area contributed by atoms with E-state index in [0.29, 0.717) is 0 Å². The predicted molar refractivity (Wildman–Crippen MR) is 218 cm³/mol. The van der Waals surface area contributed by atoms with Gasteiger partial charge in [0.05, 0.1) is 15.9 Å². The molecule has 9 aromatic rings. The number of hydrogen-bond acceptors (Lipinski definition) is 3. The Hall–Kier alpha value is -6.03. The highest BCUT2D eigenvalue weighted by Gasteiger charge is 2.36. The van der Waals surface area contributed by atoms with Gasteiger partial charge in [0.1, 0.15) is 5.01 Å². The molecule has 0 unspecified atom stereocenters. The first kappa shape index (κ1) is 29.8. The standard InChI is InChI=1S/C48H34N2S/c1-48(2)42-19-11-9-18-38(42)39-26-24-35(30-43(39)48)50(45-20-12-10-17-36(45)31-13-5-3-6-14-31)34-23-21-32-22-25-40-37(41(32)29-34)27-28-44-46(40)51-47(49-44)33-15-7-4-8-16-33/h3-30H,1-2H3. The average Bonchev–Trinajstić information content (AvgIpc) is 3.73. The Labute approximate surface area is 301 Å². The van der Waals surface area contributed by atoms with E-state index in [1.54, 1.807) is 11.3 Å². The van der Waals surface area contributed by atoms with Crippen molar-refractivity contribution in [3.63, 3.8) is 0 Å².